The Kier molecular flexibility index (Phi) is 5.70. The first-order chi connectivity index (χ1) is 15.1. The van der Waals surface area contributed by atoms with Gasteiger partial charge in [0.2, 0.25) is 5.16 Å². The average Bonchev–Trinajstić information content (AvgIpc) is 3.33. The van der Waals surface area contributed by atoms with E-state index >= 15 is 0 Å². The second kappa shape index (κ2) is 8.62. The Bertz CT molecular complexity index is 1210. The molecule has 1 saturated heterocycles. The number of aryl methyl sites for hydroxylation is 3. The fourth-order valence-electron chi connectivity index (χ4n) is 3.54. The predicted molar refractivity (Wildman–Crippen MR) is 121 cm³/mol. The van der Waals surface area contributed by atoms with E-state index in [4.69, 9.17) is 14.7 Å². The molecule has 10 heteroatoms. The van der Waals surface area contributed by atoms with Gasteiger partial charge in [0.05, 0.1) is 25.4 Å². The number of hydrogen-bond donors (Lipinski definition) is 0. The summed E-state index contributed by atoms with van der Waals surface area (Å²) < 4.78 is 7.23. The summed E-state index contributed by atoms with van der Waals surface area (Å²) in [6.07, 6.45) is 0. The number of thiophene rings is 1. The average molecular weight is 454 g/mol. The number of benzene rings is 1. The van der Waals surface area contributed by atoms with Crippen LogP contribution in [-0.2, 0) is 11.3 Å². The lowest BCUT2D eigenvalue weighted by Gasteiger charge is -2.25. The molecule has 0 bridgehead atoms. The highest BCUT2D eigenvalue weighted by Gasteiger charge is 2.20. The van der Waals surface area contributed by atoms with Crippen LogP contribution in [-0.4, -0.2) is 61.4 Å². The SMILES string of the molecule is Cc1ccc(-n2nnnc2Sc2nc(CN3CCOCC3)nc3sc(C)c(C)c23)cc1. The molecule has 1 aliphatic rings. The summed E-state index contributed by atoms with van der Waals surface area (Å²) in [6, 6.07) is 8.16. The summed E-state index contributed by atoms with van der Waals surface area (Å²) in [4.78, 5) is 14.5. The third kappa shape index (κ3) is 4.20. The maximum Gasteiger partial charge on any atom is 0.220 e. The summed E-state index contributed by atoms with van der Waals surface area (Å²) in [5.74, 6) is 0.826. The van der Waals surface area contributed by atoms with Crippen LogP contribution < -0.4 is 0 Å². The van der Waals surface area contributed by atoms with Gasteiger partial charge in [-0.3, -0.25) is 4.90 Å². The predicted octanol–water partition coefficient (Wildman–Crippen LogP) is 3.58. The molecule has 0 amide bonds. The summed E-state index contributed by atoms with van der Waals surface area (Å²) in [5, 5.41) is 15.1. The number of ether oxygens (including phenoxy) is 1. The Hall–Kier alpha value is -2.40. The van der Waals surface area contributed by atoms with Gasteiger partial charge in [0, 0.05) is 23.4 Å². The monoisotopic (exact) mass is 453 g/mol. The van der Waals surface area contributed by atoms with Crippen molar-refractivity contribution in [1.82, 2.24) is 35.1 Å². The molecule has 8 nitrogen and oxygen atoms in total. The van der Waals surface area contributed by atoms with Crippen LogP contribution in [0.2, 0.25) is 0 Å². The largest absolute Gasteiger partial charge is 0.379 e. The van der Waals surface area contributed by atoms with Gasteiger partial charge < -0.3 is 4.74 Å². The molecule has 0 saturated carbocycles. The van der Waals surface area contributed by atoms with Crippen molar-refractivity contribution in [3.8, 4) is 5.69 Å². The zero-order valence-electron chi connectivity index (χ0n) is 17.7. The molecule has 0 aliphatic carbocycles. The van der Waals surface area contributed by atoms with Gasteiger partial charge in [-0.25, -0.2) is 9.97 Å². The minimum absolute atomic E-state index is 0.685. The number of hydrogen-bond acceptors (Lipinski definition) is 9. The van der Waals surface area contributed by atoms with E-state index in [9.17, 15) is 0 Å². The molecule has 3 aromatic heterocycles. The van der Waals surface area contributed by atoms with Gasteiger partial charge in [0.15, 0.2) is 0 Å². The maximum atomic E-state index is 5.47. The van der Waals surface area contributed by atoms with E-state index in [2.05, 4.69) is 53.3 Å². The third-order valence-corrected chi connectivity index (χ3v) is 7.44. The Morgan fingerprint density at radius 2 is 1.84 bits per heavy atom. The first-order valence-electron chi connectivity index (χ1n) is 10.2. The Labute approximate surface area is 188 Å². The van der Waals surface area contributed by atoms with E-state index in [1.54, 1.807) is 16.0 Å². The number of rotatable bonds is 5. The molecule has 4 heterocycles. The smallest absolute Gasteiger partial charge is 0.220 e. The molecule has 1 aliphatic heterocycles. The van der Waals surface area contributed by atoms with E-state index < -0.39 is 0 Å². The lowest BCUT2D eigenvalue weighted by Crippen LogP contribution is -2.36. The minimum Gasteiger partial charge on any atom is -0.379 e. The molecular formula is C21H23N7OS2. The topological polar surface area (TPSA) is 81.9 Å². The third-order valence-electron chi connectivity index (χ3n) is 5.42. The molecule has 0 radical (unpaired) electrons. The van der Waals surface area contributed by atoms with Crippen molar-refractivity contribution in [2.75, 3.05) is 26.3 Å². The summed E-state index contributed by atoms with van der Waals surface area (Å²) in [7, 11) is 0. The molecular weight excluding hydrogens is 430 g/mol. The molecule has 160 valence electrons. The van der Waals surface area contributed by atoms with Gasteiger partial charge in [-0.1, -0.05) is 17.7 Å². The number of fused-ring (bicyclic) bond motifs is 1. The van der Waals surface area contributed by atoms with Crippen LogP contribution in [0, 0.1) is 20.8 Å². The van der Waals surface area contributed by atoms with Crippen LogP contribution in [0.1, 0.15) is 21.8 Å². The van der Waals surface area contributed by atoms with E-state index in [1.165, 1.54) is 27.8 Å². The summed E-state index contributed by atoms with van der Waals surface area (Å²) >= 11 is 3.21. The minimum atomic E-state index is 0.685. The fraction of sp³-hybridized carbons (Fsp3) is 0.381. The molecule has 5 rings (SSSR count). The van der Waals surface area contributed by atoms with Crippen LogP contribution >= 0.6 is 23.1 Å². The van der Waals surface area contributed by atoms with Crippen molar-refractivity contribution < 1.29 is 4.74 Å². The molecule has 1 fully saturated rings. The van der Waals surface area contributed by atoms with Gasteiger partial charge >= 0.3 is 0 Å². The highest BCUT2D eigenvalue weighted by atomic mass is 32.2. The van der Waals surface area contributed by atoms with Crippen LogP contribution in [0.25, 0.3) is 15.9 Å². The van der Waals surface area contributed by atoms with Gasteiger partial charge in [-0.15, -0.1) is 16.4 Å². The first kappa shape index (κ1) is 20.5. The number of tetrazole rings is 1. The lowest BCUT2D eigenvalue weighted by atomic mass is 10.2. The number of morpholine rings is 1. The normalized spacial score (nSPS) is 15.1. The first-order valence-corrected chi connectivity index (χ1v) is 11.8. The molecule has 0 unspecified atom stereocenters. The van der Waals surface area contributed by atoms with Crippen molar-refractivity contribution in [3.05, 3.63) is 46.1 Å². The van der Waals surface area contributed by atoms with Gasteiger partial charge in [0.1, 0.15) is 15.7 Å². The lowest BCUT2D eigenvalue weighted by molar-refractivity contribution is 0.0330. The van der Waals surface area contributed by atoms with Crippen molar-refractivity contribution in [1.29, 1.82) is 0 Å². The molecule has 0 N–H and O–H groups in total. The Balaban J connectivity index is 1.53. The number of aromatic nitrogens is 6. The zero-order valence-corrected chi connectivity index (χ0v) is 19.3. The van der Waals surface area contributed by atoms with Crippen molar-refractivity contribution in [2.45, 2.75) is 37.5 Å². The van der Waals surface area contributed by atoms with Crippen LogP contribution in [0.4, 0.5) is 0 Å². The van der Waals surface area contributed by atoms with Crippen LogP contribution in [0.5, 0.6) is 0 Å². The number of nitrogens with zero attached hydrogens (tertiary/aromatic N) is 7. The molecule has 1 aromatic carbocycles. The van der Waals surface area contributed by atoms with Crippen molar-refractivity contribution in [3.63, 3.8) is 0 Å². The van der Waals surface area contributed by atoms with Gasteiger partial charge in [-0.2, -0.15) is 4.68 Å². The van der Waals surface area contributed by atoms with E-state index in [1.807, 2.05) is 12.1 Å². The summed E-state index contributed by atoms with van der Waals surface area (Å²) in [5.41, 5.74) is 3.34. The standard InChI is InChI=1S/C21H23N7OS2/c1-13-4-6-16(7-5-13)28-21(24-25-26-28)31-20-18-14(2)15(3)30-19(18)22-17(23-20)12-27-8-10-29-11-9-27/h4-7H,8-12H2,1-3H3. The van der Waals surface area contributed by atoms with Crippen molar-refractivity contribution >= 4 is 33.3 Å². The molecule has 4 aromatic rings. The van der Waals surface area contributed by atoms with E-state index in [0.717, 1.165) is 53.1 Å². The molecule has 0 spiro atoms. The second-order valence-electron chi connectivity index (χ2n) is 7.61. The second-order valence-corrected chi connectivity index (χ2v) is 9.77. The highest BCUT2D eigenvalue weighted by Crippen LogP contribution is 2.37. The van der Waals surface area contributed by atoms with Gasteiger partial charge in [0.25, 0.3) is 0 Å². The Morgan fingerprint density at radius 1 is 1.06 bits per heavy atom. The maximum absolute atomic E-state index is 5.47. The highest BCUT2D eigenvalue weighted by molar-refractivity contribution is 7.99. The van der Waals surface area contributed by atoms with Crippen LogP contribution in [0.3, 0.4) is 0 Å². The zero-order chi connectivity index (χ0) is 21.4. The van der Waals surface area contributed by atoms with Gasteiger partial charge in [-0.05, 0) is 60.7 Å². The quantitative estimate of drug-likeness (QED) is 0.424. The van der Waals surface area contributed by atoms with Crippen LogP contribution in [0.15, 0.2) is 34.4 Å². The van der Waals surface area contributed by atoms with E-state index in [0.29, 0.717) is 11.7 Å². The van der Waals surface area contributed by atoms with Crippen molar-refractivity contribution in [2.24, 2.45) is 0 Å². The summed E-state index contributed by atoms with van der Waals surface area (Å²) in [6.45, 7) is 10.4. The molecule has 31 heavy (non-hydrogen) atoms. The van der Waals surface area contributed by atoms with E-state index in [-0.39, 0.29) is 0 Å². The Morgan fingerprint density at radius 3 is 2.61 bits per heavy atom. The molecule has 0 atom stereocenters. The fourth-order valence-corrected chi connectivity index (χ4v) is 5.63.